The molecule has 1 aromatic carbocycles. The number of nitriles is 1. The molecule has 170 valence electrons. The van der Waals surface area contributed by atoms with Crippen molar-refractivity contribution in [1.82, 2.24) is 14.9 Å². The minimum atomic E-state index is 0.124. The fraction of sp³-hybridized carbons (Fsp3) is 0.400. The molecule has 5 rings (SSSR count). The van der Waals surface area contributed by atoms with Gasteiger partial charge in [-0.25, -0.2) is 4.98 Å². The first-order chi connectivity index (χ1) is 16.1. The molecule has 0 amide bonds. The number of piperazine rings is 1. The Morgan fingerprint density at radius 3 is 2.70 bits per heavy atom. The van der Waals surface area contributed by atoms with Crippen LogP contribution in [0.5, 0.6) is 0 Å². The monoisotopic (exact) mass is 443 g/mol. The quantitative estimate of drug-likeness (QED) is 0.657. The zero-order valence-corrected chi connectivity index (χ0v) is 18.9. The van der Waals surface area contributed by atoms with Gasteiger partial charge in [0, 0.05) is 81.0 Å². The van der Waals surface area contributed by atoms with E-state index in [1.54, 1.807) is 12.4 Å². The second kappa shape index (κ2) is 9.22. The molecule has 0 aliphatic carbocycles. The van der Waals surface area contributed by atoms with E-state index in [1.165, 1.54) is 0 Å². The van der Waals surface area contributed by atoms with Crippen LogP contribution in [0.4, 0.5) is 17.2 Å². The van der Waals surface area contributed by atoms with Gasteiger partial charge in [0.1, 0.15) is 11.9 Å². The van der Waals surface area contributed by atoms with Gasteiger partial charge in [-0.2, -0.15) is 5.26 Å². The number of anilines is 3. The summed E-state index contributed by atoms with van der Waals surface area (Å²) in [5.74, 6) is 0.560. The number of rotatable bonds is 4. The number of hydrogen-bond donors (Lipinski definition) is 1. The molecule has 2 unspecified atom stereocenters. The van der Waals surface area contributed by atoms with Crippen LogP contribution < -0.4 is 15.5 Å². The summed E-state index contributed by atoms with van der Waals surface area (Å²) in [6, 6.07) is 14.1. The maximum Gasteiger partial charge on any atom is 0.125 e. The number of pyridine rings is 2. The van der Waals surface area contributed by atoms with Crippen molar-refractivity contribution in [2.45, 2.75) is 19.1 Å². The summed E-state index contributed by atoms with van der Waals surface area (Å²) in [4.78, 5) is 15.8. The fourth-order valence-corrected chi connectivity index (χ4v) is 4.98. The molecule has 2 aliphatic rings. The van der Waals surface area contributed by atoms with Gasteiger partial charge >= 0.3 is 0 Å². The van der Waals surface area contributed by atoms with Gasteiger partial charge in [-0.05, 0) is 37.3 Å². The molecule has 33 heavy (non-hydrogen) atoms. The van der Waals surface area contributed by atoms with E-state index in [0.29, 0.717) is 11.4 Å². The normalized spacial score (nSPS) is 21.8. The third-order valence-electron chi connectivity index (χ3n) is 6.50. The number of hydrogen-bond acceptors (Lipinski definition) is 8. The Morgan fingerprint density at radius 2 is 1.91 bits per heavy atom. The minimum absolute atomic E-state index is 0.124. The lowest BCUT2D eigenvalue weighted by Crippen LogP contribution is -2.54. The zero-order chi connectivity index (χ0) is 22.8. The van der Waals surface area contributed by atoms with Gasteiger partial charge in [0.15, 0.2) is 0 Å². The molecular formula is C25H29N7O. The largest absolute Gasteiger partial charge is 0.384 e. The Balaban J connectivity index is 1.26. The molecule has 2 fully saturated rings. The molecule has 0 saturated carbocycles. The van der Waals surface area contributed by atoms with E-state index in [-0.39, 0.29) is 12.2 Å². The Labute approximate surface area is 194 Å². The average Bonchev–Trinajstić information content (AvgIpc) is 2.83. The van der Waals surface area contributed by atoms with E-state index in [4.69, 9.17) is 10.5 Å². The summed E-state index contributed by atoms with van der Waals surface area (Å²) in [5.41, 5.74) is 9.49. The number of nitrogens with zero attached hydrogens (tertiary/aromatic N) is 6. The summed E-state index contributed by atoms with van der Waals surface area (Å²) in [5, 5.41) is 10.5. The average molecular weight is 444 g/mol. The van der Waals surface area contributed by atoms with Gasteiger partial charge in [0.2, 0.25) is 0 Å². The lowest BCUT2D eigenvalue weighted by Gasteiger charge is -2.42. The zero-order valence-electron chi connectivity index (χ0n) is 18.9. The number of fused-ring (bicyclic) bond motifs is 1. The van der Waals surface area contributed by atoms with Gasteiger partial charge in [-0.15, -0.1) is 0 Å². The second-order valence-electron chi connectivity index (χ2n) is 8.84. The van der Waals surface area contributed by atoms with Crippen molar-refractivity contribution in [2.75, 3.05) is 61.3 Å². The molecule has 8 nitrogen and oxygen atoms in total. The Hall–Kier alpha value is -3.41. The maximum absolute atomic E-state index is 9.47. The molecule has 0 bridgehead atoms. The van der Waals surface area contributed by atoms with Crippen molar-refractivity contribution >= 4 is 28.1 Å². The van der Waals surface area contributed by atoms with Gasteiger partial charge in [0.25, 0.3) is 0 Å². The van der Waals surface area contributed by atoms with Crippen LogP contribution in [0, 0.1) is 11.3 Å². The van der Waals surface area contributed by atoms with Crippen LogP contribution in [-0.2, 0) is 4.74 Å². The fourth-order valence-electron chi connectivity index (χ4n) is 4.98. The van der Waals surface area contributed by atoms with Crippen LogP contribution in [0.1, 0.15) is 12.5 Å². The van der Waals surface area contributed by atoms with E-state index in [9.17, 15) is 5.26 Å². The maximum atomic E-state index is 9.47. The summed E-state index contributed by atoms with van der Waals surface area (Å²) in [6.07, 6.45) is 3.77. The van der Waals surface area contributed by atoms with E-state index < -0.39 is 0 Å². The van der Waals surface area contributed by atoms with Crippen LogP contribution in [0.25, 0.3) is 10.9 Å². The van der Waals surface area contributed by atoms with Crippen molar-refractivity contribution in [2.24, 2.45) is 0 Å². The molecule has 3 aromatic rings. The molecule has 0 radical (unpaired) electrons. The van der Waals surface area contributed by atoms with Crippen LogP contribution in [0.2, 0.25) is 0 Å². The number of morpholine rings is 1. The number of nitrogens with two attached hydrogens (primary N) is 1. The summed E-state index contributed by atoms with van der Waals surface area (Å²) < 4.78 is 6.34. The Kier molecular flexibility index (Phi) is 5.99. The topological polar surface area (TPSA) is 94.5 Å². The van der Waals surface area contributed by atoms with E-state index in [0.717, 1.165) is 68.1 Å². The highest BCUT2D eigenvalue weighted by Gasteiger charge is 2.29. The number of benzene rings is 1. The second-order valence-corrected chi connectivity index (χ2v) is 8.84. The van der Waals surface area contributed by atoms with E-state index in [1.807, 2.05) is 24.3 Å². The Morgan fingerprint density at radius 1 is 1.06 bits per heavy atom. The molecule has 2 N–H and O–H groups in total. The predicted molar refractivity (Wildman–Crippen MR) is 130 cm³/mol. The van der Waals surface area contributed by atoms with Crippen molar-refractivity contribution < 1.29 is 4.74 Å². The van der Waals surface area contributed by atoms with Crippen LogP contribution >= 0.6 is 0 Å². The first kappa shape index (κ1) is 21.4. The third-order valence-corrected chi connectivity index (χ3v) is 6.50. The minimum Gasteiger partial charge on any atom is -0.384 e. The smallest absolute Gasteiger partial charge is 0.125 e. The Bertz CT molecular complexity index is 1170. The van der Waals surface area contributed by atoms with Crippen LogP contribution in [0.15, 0.2) is 48.8 Å². The number of aromatic nitrogens is 2. The van der Waals surface area contributed by atoms with Crippen LogP contribution in [-0.4, -0.2) is 72.9 Å². The molecule has 2 atom stereocenters. The van der Waals surface area contributed by atoms with Crippen molar-refractivity contribution in [3.8, 4) is 6.07 Å². The molecule has 8 heteroatoms. The van der Waals surface area contributed by atoms with Crippen molar-refractivity contribution in [3.63, 3.8) is 0 Å². The SMILES string of the molecule is CC1CN(c2ccc(C#N)c3ncccc23)CC(CN2CCN(c3ccnc(N)c3)CC2)O1. The van der Waals surface area contributed by atoms with E-state index in [2.05, 4.69) is 49.8 Å². The first-order valence-electron chi connectivity index (χ1n) is 11.5. The number of ether oxygens (including phenoxy) is 1. The van der Waals surface area contributed by atoms with Gasteiger partial charge < -0.3 is 20.3 Å². The molecule has 2 aliphatic heterocycles. The van der Waals surface area contributed by atoms with Crippen LogP contribution in [0.3, 0.4) is 0 Å². The lowest BCUT2D eigenvalue weighted by molar-refractivity contribution is -0.0327. The predicted octanol–water partition coefficient (Wildman–Crippen LogP) is 2.50. The molecule has 4 heterocycles. The first-order valence-corrected chi connectivity index (χ1v) is 11.5. The summed E-state index contributed by atoms with van der Waals surface area (Å²) in [7, 11) is 0. The number of nitrogen functional groups attached to an aromatic ring is 1. The summed E-state index contributed by atoms with van der Waals surface area (Å²) in [6.45, 7) is 8.57. The van der Waals surface area contributed by atoms with Gasteiger partial charge in [-0.3, -0.25) is 9.88 Å². The van der Waals surface area contributed by atoms with Crippen molar-refractivity contribution in [1.29, 1.82) is 5.26 Å². The summed E-state index contributed by atoms with van der Waals surface area (Å²) >= 11 is 0. The van der Waals surface area contributed by atoms with Gasteiger partial charge in [0.05, 0.1) is 23.3 Å². The molecule has 0 spiro atoms. The lowest BCUT2D eigenvalue weighted by atomic mass is 10.1. The molecular weight excluding hydrogens is 414 g/mol. The standard InChI is InChI=1S/C25H29N7O/c1-18-15-32(23-5-4-19(14-26)25-22(23)3-2-7-29-25)17-21(33-18)16-30-9-11-31(12-10-30)20-6-8-28-24(27)13-20/h2-8,13,18,21H,9-12,15-17H2,1H3,(H2,27,28). The molecule has 2 saturated heterocycles. The highest BCUT2D eigenvalue weighted by atomic mass is 16.5. The third kappa shape index (κ3) is 4.56. The van der Waals surface area contributed by atoms with Gasteiger partial charge in [-0.1, -0.05) is 0 Å². The highest BCUT2D eigenvalue weighted by Crippen LogP contribution is 2.30. The highest BCUT2D eigenvalue weighted by molar-refractivity contribution is 5.95. The van der Waals surface area contributed by atoms with Crippen molar-refractivity contribution in [3.05, 3.63) is 54.4 Å². The molecule has 2 aromatic heterocycles. The van der Waals surface area contributed by atoms with E-state index >= 15 is 0 Å².